The van der Waals surface area contributed by atoms with Gasteiger partial charge in [0.25, 0.3) is 0 Å². The first kappa shape index (κ1) is 20.6. The van der Waals surface area contributed by atoms with Gasteiger partial charge in [0.05, 0.1) is 41.9 Å². The van der Waals surface area contributed by atoms with E-state index in [4.69, 9.17) is 9.47 Å². The molecule has 4 bridgehead atoms. The first-order valence-electron chi connectivity index (χ1n) is 12.0. The molecule has 172 valence electrons. The second kappa shape index (κ2) is 7.27. The van der Waals surface area contributed by atoms with E-state index in [-0.39, 0.29) is 65.5 Å². The summed E-state index contributed by atoms with van der Waals surface area (Å²) in [7, 11) is 0. The third-order valence-electron chi connectivity index (χ3n) is 8.63. The fraction of sp³-hybridized carbons (Fsp3) is 0.538. The number of ether oxygens (including phenoxy) is 2. The maximum Gasteiger partial charge on any atom is 0.338 e. The Morgan fingerprint density at radius 2 is 1.30 bits per heavy atom. The Bertz CT molecular complexity index is 1030. The minimum Gasteiger partial charge on any atom is -0.462 e. The number of fused-ring (bicyclic) bond motifs is 12. The van der Waals surface area contributed by atoms with Gasteiger partial charge in [0, 0.05) is 0 Å². The molecule has 0 aromatic heterocycles. The molecule has 0 spiro atoms. The Morgan fingerprint density at radius 1 is 0.818 bits per heavy atom. The second-order valence-electron chi connectivity index (χ2n) is 9.94. The van der Waals surface area contributed by atoms with E-state index in [1.54, 1.807) is 13.8 Å². The molecule has 8 unspecified atom stereocenters. The summed E-state index contributed by atoms with van der Waals surface area (Å²) in [5, 5.41) is 0. The van der Waals surface area contributed by atoms with Gasteiger partial charge in [-0.25, -0.2) is 14.5 Å². The monoisotopic (exact) mass is 449 g/mol. The number of anilines is 1. The van der Waals surface area contributed by atoms with Crippen LogP contribution in [0.15, 0.2) is 30.4 Å². The van der Waals surface area contributed by atoms with Crippen LogP contribution < -0.4 is 4.90 Å². The van der Waals surface area contributed by atoms with Gasteiger partial charge < -0.3 is 9.47 Å². The van der Waals surface area contributed by atoms with Crippen molar-refractivity contribution < 1.29 is 28.7 Å². The van der Waals surface area contributed by atoms with Crippen molar-refractivity contribution in [1.82, 2.24) is 0 Å². The van der Waals surface area contributed by atoms with Crippen molar-refractivity contribution in [2.45, 2.75) is 26.7 Å². The molecule has 1 aromatic rings. The molecule has 8 atom stereocenters. The number of hydrogen-bond acceptors (Lipinski definition) is 6. The number of esters is 2. The third kappa shape index (κ3) is 2.74. The summed E-state index contributed by atoms with van der Waals surface area (Å²) in [6, 6.07) is 4.35. The first-order valence-corrected chi connectivity index (χ1v) is 12.0. The number of allylic oxidation sites excluding steroid dienone is 2. The fourth-order valence-corrected chi connectivity index (χ4v) is 7.78. The average Bonchev–Trinajstić information content (AvgIpc) is 3.60. The van der Waals surface area contributed by atoms with Crippen LogP contribution in [0.3, 0.4) is 0 Å². The number of carbonyl (C=O) groups is 4. The summed E-state index contributed by atoms with van der Waals surface area (Å²) >= 11 is 0. The Hall–Kier alpha value is -2.96. The van der Waals surface area contributed by atoms with Gasteiger partial charge >= 0.3 is 11.9 Å². The van der Waals surface area contributed by atoms with Crippen molar-refractivity contribution >= 4 is 29.4 Å². The number of benzene rings is 1. The Morgan fingerprint density at radius 3 is 1.76 bits per heavy atom. The number of rotatable bonds is 5. The lowest BCUT2D eigenvalue weighted by Gasteiger charge is -2.36. The van der Waals surface area contributed by atoms with Gasteiger partial charge in [0.2, 0.25) is 11.8 Å². The predicted molar refractivity (Wildman–Crippen MR) is 117 cm³/mol. The second-order valence-corrected chi connectivity index (χ2v) is 9.94. The Balaban J connectivity index is 1.37. The lowest BCUT2D eigenvalue weighted by Crippen LogP contribution is -2.38. The molecular formula is C26H27NO6. The molecule has 0 radical (unpaired) electrons. The number of carbonyl (C=O) groups excluding carboxylic acids is 4. The summed E-state index contributed by atoms with van der Waals surface area (Å²) in [6.07, 6.45) is 6.75. The highest BCUT2D eigenvalue weighted by molar-refractivity contribution is 6.23. The molecule has 33 heavy (non-hydrogen) atoms. The van der Waals surface area contributed by atoms with Crippen molar-refractivity contribution in [3.63, 3.8) is 0 Å². The molecule has 1 saturated heterocycles. The van der Waals surface area contributed by atoms with Crippen LogP contribution in [0.2, 0.25) is 0 Å². The Labute approximate surface area is 192 Å². The summed E-state index contributed by atoms with van der Waals surface area (Å²) < 4.78 is 10.2. The van der Waals surface area contributed by atoms with Crippen LogP contribution in [0.25, 0.3) is 0 Å². The van der Waals surface area contributed by atoms with E-state index in [1.165, 1.54) is 29.5 Å². The zero-order valence-electron chi connectivity index (χ0n) is 18.7. The summed E-state index contributed by atoms with van der Waals surface area (Å²) in [5.41, 5.74) is 0.493. The summed E-state index contributed by atoms with van der Waals surface area (Å²) in [4.78, 5) is 53.4. The van der Waals surface area contributed by atoms with Gasteiger partial charge in [0.1, 0.15) is 0 Å². The molecule has 7 nitrogen and oxygen atoms in total. The van der Waals surface area contributed by atoms with E-state index in [0.29, 0.717) is 23.7 Å². The van der Waals surface area contributed by atoms with E-state index in [9.17, 15) is 19.2 Å². The number of hydrogen-bond donors (Lipinski definition) is 0. The lowest BCUT2D eigenvalue weighted by molar-refractivity contribution is -0.123. The van der Waals surface area contributed by atoms with E-state index in [2.05, 4.69) is 12.2 Å². The van der Waals surface area contributed by atoms with Gasteiger partial charge in [-0.1, -0.05) is 12.2 Å². The number of nitrogens with zero attached hydrogens (tertiary/aromatic N) is 1. The number of amides is 2. The van der Waals surface area contributed by atoms with E-state index >= 15 is 0 Å². The fourth-order valence-electron chi connectivity index (χ4n) is 7.78. The van der Waals surface area contributed by atoms with Crippen LogP contribution in [0, 0.1) is 47.3 Å². The SMILES string of the molecule is CCOC(=O)c1cc(C(=O)OCC)cc(N2C(=O)C3C4CC(C3C2=O)C2C3C=CC(C3)C42)c1. The smallest absolute Gasteiger partial charge is 0.338 e. The highest BCUT2D eigenvalue weighted by Gasteiger charge is 2.71. The zero-order chi connectivity index (χ0) is 23.0. The average molecular weight is 450 g/mol. The standard InChI is InChI=1S/C26H27NO6/c1-3-32-25(30)14-8-15(26(31)33-4-2)10-16(9-14)27-23(28)21-17-11-18(22(21)24(27)29)20-13-6-5-12(7-13)19(17)20/h5-6,8-10,12-13,17-22H,3-4,7,11H2,1-2H3. The van der Waals surface area contributed by atoms with Gasteiger partial charge in [-0.15, -0.1) is 0 Å². The van der Waals surface area contributed by atoms with E-state index in [0.717, 1.165) is 6.42 Å². The minimum atomic E-state index is -0.610. The largest absolute Gasteiger partial charge is 0.462 e. The molecule has 7 heteroatoms. The van der Waals surface area contributed by atoms with Gasteiger partial charge in [-0.3, -0.25) is 9.59 Å². The molecule has 1 aromatic carbocycles. The molecule has 5 aliphatic rings. The van der Waals surface area contributed by atoms with Gasteiger partial charge in [0.15, 0.2) is 0 Å². The molecule has 2 amide bonds. The molecule has 6 rings (SSSR count). The summed E-state index contributed by atoms with van der Waals surface area (Å²) in [5.74, 6) is 0.356. The van der Waals surface area contributed by atoms with Crippen LogP contribution >= 0.6 is 0 Å². The van der Waals surface area contributed by atoms with Gasteiger partial charge in [-0.05, 0) is 80.4 Å². The molecule has 0 N–H and O–H groups in total. The molecule has 3 saturated carbocycles. The highest BCUT2D eigenvalue weighted by Crippen LogP contribution is 2.70. The first-order chi connectivity index (χ1) is 15.9. The van der Waals surface area contributed by atoms with Crippen molar-refractivity contribution in [3.05, 3.63) is 41.5 Å². The number of imide groups is 1. The van der Waals surface area contributed by atoms with Crippen LogP contribution in [-0.2, 0) is 19.1 Å². The predicted octanol–water partition coefficient (Wildman–Crippen LogP) is 3.23. The molecular weight excluding hydrogens is 422 g/mol. The topological polar surface area (TPSA) is 90.0 Å². The molecule has 1 heterocycles. The van der Waals surface area contributed by atoms with Crippen LogP contribution in [0.1, 0.15) is 47.4 Å². The van der Waals surface area contributed by atoms with Crippen LogP contribution in [-0.4, -0.2) is 37.0 Å². The Kier molecular flexibility index (Phi) is 4.55. The summed E-state index contributed by atoms with van der Waals surface area (Å²) in [6.45, 7) is 3.73. The van der Waals surface area contributed by atoms with Gasteiger partial charge in [-0.2, -0.15) is 0 Å². The third-order valence-corrected chi connectivity index (χ3v) is 8.63. The molecule has 4 aliphatic carbocycles. The normalized spacial score (nSPS) is 37.0. The van der Waals surface area contributed by atoms with Crippen molar-refractivity contribution in [2.75, 3.05) is 18.1 Å². The van der Waals surface area contributed by atoms with Crippen LogP contribution in [0.5, 0.6) is 0 Å². The van der Waals surface area contributed by atoms with Crippen molar-refractivity contribution in [2.24, 2.45) is 47.3 Å². The van der Waals surface area contributed by atoms with Crippen molar-refractivity contribution in [1.29, 1.82) is 0 Å². The van der Waals surface area contributed by atoms with Crippen LogP contribution in [0.4, 0.5) is 5.69 Å². The minimum absolute atomic E-state index is 0.122. The quantitative estimate of drug-likeness (QED) is 0.297. The van der Waals surface area contributed by atoms with Crippen molar-refractivity contribution in [3.8, 4) is 0 Å². The maximum absolute atomic E-state index is 13.7. The maximum atomic E-state index is 13.7. The molecule has 4 fully saturated rings. The molecule has 1 aliphatic heterocycles. The van der Waals surface area contributed by atoms with E-state index in [1.807, 2.05) is 0 Å². The zero-order valence-corrected chi connectivity index (χ0v) is 18.7. The van der Waals surface area contributed by atoms with E-state index < -0.39 is 11.9 Å². The lowest BCUT2D eigenvalue weighted by atomic mass is 9.65. The highest BCUT2D eigenvalue weighted by atomic mass is 16.5.